The number of rotatable bonds is 4. The molecular formula is C18H22O4. The molecule has 22 heavy (non-hydrogen) atoms. The molecule has 1 aliphatic rings. The van der Waals surface area contributed by atoms with Gasteiger partial charge in [0.25, 0.3) is 0 Å². The lowest BCUT2D eigenvalue weighted by Crippen LogP contribution is -2.28. The van der Waals surface area contributed by atoms with Crippen molar-refractivity contribution in [2.45, 2.75) is 32.8 Å². The molecule has 118 valence electrons. The summed E-state index contributed by atoms with van der Waals surface area (Å²) in [6, 6.07) is 9.67. The van der Waals surface area contributed by atoms with E-state index in [-0.39, 0.29) is 23.8 Å². The molecule has 0 amide bonds. The van der Waals surface area contributed by atoms with Crippen LogP contribution in [0.4, 0.5) is 0 Å². The number of allylic oxidation sites excluding steroid dienone is 1. The fourth-order valence-electron chi connectivity index (χ4n) is 2.83. The zero-order valence-corrected chi connectivity index (χ0v) is 13.1. The largest absolute Gasteiger partial charge is 0.466 e. The predicted molar refractivity (Wildman–Crippen MR) is 82.8 cm³/mol. The maximum atomic E-state index is 12.2. The van der Waals surface area contributed by atoms with Crippen LogP contribution >= 0.6 is 0 Å². The van der Waals surface area contributed by atoms with Crippen LogP contribution < -0.4 is 0 Å². The molecule has 1 aromatic rings. The maximum Gasteiger partial charge on any atom is 0.330 e. The van der Waals surface area contributed by atoms with E-state index in [4.69, 9.17) is 4.74 Å². The van der Waals surface area contributed by atoms with Crippen molar-refractivity contribution in [2.24, 2.45) is 11.8 Å². The molecule has 2 rings (SSSR count). The zero-order valence-electron chi connectivity index (χ0n) is 13.1. The Balaban J connectivity index is 1.87. The Morgan fingerprint density at radius 1 is 1.27 bits per heavy atom. The van der Waals surface area contributed by atoms with Crippen LogP contribution in [-0.4, -0.2) is 19.0 Å². The third kappa shape index (κ3) is 4.45. The van der Waals surface area contributed by atoms with Gasteiger partial charge in [-0.15, -0.1) is 0 Å². The van der Waals surface area contributed by atoms with E-state index in [1.165, 1.54) is 7.11 Å². The molecule has 0 saturated heterocycles. The number of esters is 2. The molecule has 1 saturated carbocycles. The van der Waals surface area contributed by atoms with Crippen LogP contribution in [-0.2, 0) is 25.7 Å². The molecule has 0 radical (unpaired) electrons. The molecule has 1 aliphatic carbocycles. The molecule has 0 N–H and O–H groups in total. The number of benzene rings is 1. The van der Waals surface area contributed by atoms with Crippen LogP contribution in [0, 0.1) is 11.8 Å². The first kappa shape index (κ1) is 16.3. The Labute approximate surface area is 131 Å². The van der Waals surface area contributed by atoms with E-state index >= 15 is 0 Å². The maximum absolute atomic E-state index is 12.2. The van der Waals surface area contributed by atoms with E-state index in [2.05, 4.69) is 4.74 Å². The van der Waals surface area contributed by atoms with Crippen molar-refractivity contribution in [1.82, 2.24) is 0 Å². The molecule has 0 spiro atoms. The van der Waals surface area contributed by atoms with Crippen molar-refractivity contribution < 1.29 is 19.1 Å². The molecule has 0 bridgehead atoms. The molecule has 0 unspecified atom stereocenters. The SMILES string of the molecule is COC(=O)C=C1CC[C@H](C(=O)OCc2ccccc2)[C@@H](C)C1. The second-order valence-electron chi connectivity index (χ2n) is 5.75. The van der Waals surface area contributed by atoms with E-state index < -0.39 is 0 Å². The second-order valence-corrected chi connectivity index (χ2v) is 5.75. The number of hydrogen-bond donors (Lipinski definition) is 0. The summed E-state index contributed by atoms with van der Waals surface area (Å²) >= 11 is 0. The van der Waals surface area contributed by atoms with E-state index in [0.717, 1.165) is 30.4 Å². The lowest BCUT2D eigenvalue weighted by Gasteiger charge is -2.28. The molecule has 2 atom stereocenters. The fourth-order valence-corrected chi connectivity index (χ4v) is 2.83. The Morgan fingerprint density at radius 2 is 2.00 bits per heavy atom. The summed E-state index contributed by atoms with van der Waals surface area (Å²) in [5.74, 6) is -0.396. The highest BCUT2D eigenvalue weighted by Gasteiger charge is 2.31. The number of ether oxygens (including phenoxy) is 2. The first-order chi connectivity index (χ1) is 10.6. The fraction of sp³-hybridized carbons (Fsp3) is 0.444. The molecule has 0 heterocycles. The van der Waals surface area contributed by atoms with Crippen molar-refractivity contribution in [3.63, 3.8) is 0 Å². The van der Waals surface area contributed by atoms with Gasteiger partial charge >= 0.3 is 11.9 Å². The second kappa shape index (κ2) is 7.78. The first-order valence-electron chi connectivity index (χ1n) is 7.58. The van der Waals surface area contributed by atoms with Crippen molar-refractivity contribution in [1.29, 1.82) is 0 Å². The van der Waals surface area contributed by atoms with Gasteiger partial charge in [-0.25, -0.2) is 4.79 Å². The molecule has 4 heteroatoms. The summed E-state index contributed by atoms with van der Waals surface area (Å²) in [5, 5.41) is 0. The minimum absolute atomic E-state index is 0.0986. The number of methoxy groups -OCH3 is 1. The highest BCUT2D eigenvalue weighted by Crippen LogP contribution is 2.34. The Bertz CT molecular complexity index is 547. The molecule has 4 nitrogen and oxygen atoms in total. The van der Waals surface area contributed by atoms with Crippen LogP contribution in [0.5, 0.6) is 0 Å². The van der Waals surface area contributed by atoms with Gasteiger partial charge in [-0.1, -0.05) is 42.8 Å². The average Bonchev–Trinajstić information content (AvgIpc) is 2.53. The summed E-state index contributed by atoms with van der Waals surface area (Å²) in [7, 11) is 1.37. The van der Waals surface area contributed by atoms with Crippen LogP contribution in [0.25, 0.3) is 0 Å². The lowest BCUT2D eigenvalue weighted by molar-refractivity contribution is -0.152. The minimum Gasteiger partial charge on any atom is -0.466 e. The van der Waals surface area contributed by atoms with Gasteiger partial charge in [-0.05, 0) is 30.7 Å². The van der Waals surface area contributed by atoms with Gasteiger partial charge in [0.15, 0.2) is 0 Å². The number of hydrogen-bond acceptors (Lipinski definition) is 4. The van der Waals surface area contributed by atoms with E-state index in [1.54, 1.807) is 6.08 Å². The quantitative estimate of drug-likeness (QED) is 0.633. The van der Waals surface area contributed by atoms with Crippen LogP contribution in [0.2, 0.25) is 0 Å². The first-order valence-corrected chi connectivity index (χ1v) is 7.58. The average molecular weight is 302 g/mol. The third-order valence-electron chi connectivity index (χ3n) is 4.10. The highest BCUT2D eigenvalue weighted by atomic mass is 16.5. The van der Waals surface area contributed by atoms with Crippen molar-refractivity contribution in [2.75, 3.05) is 7.11 Å². The standard InChI is InChI=1S/C18H22O4/c1-13-10-15(11-17(19)21-2)8-9-16(13)18(20)22-12-14-6-4-3-5-7-14/h3-7,11,13,16H,8-10,12H2,1-2H3/t13-,16-/m0/s1. The van der Waals surface area contributed by atoms with Gasteiger partial charge in [0.1, 0.15) is 6.61 Å². The van der Waals surface area contributed by atoms with Crippen molar-refractivity contribution in [3.8, 4) is 0 Å². The number of carbonyl (C=O) groups excluding carboxylic acids is 2. The smallest absolute Gasteiger partial charge is 0.330 e. The topological polar surface area (TPSA) is 52.6 Å². The van der Waals surface area contributed by atoms with Gasteiger partial charge in [0.2, 0.25) is 0 Å². The van der Waals surface area contributed by atoms with Gasteiger partial charge in [0.05, 0.1) is 13.0 Å². The van der Waals surface area contributed by atoms with E-state index in [9.17, 15) is 9.59 Å². The Morgan fingerprint density at radius 3 is 2.64 bits per heavy atom. The van der Waals surface area contributed by atoms with Crippen molar-refractivity contribution >= 4 is 11.9 Å². The molecule has 0 aromatic heterocycles. The monoisotopic (exact) mass is 302 g/mol. The summed E-state index contributed by atoms with van der Waals surface area (Å²) in [5.41, 5.74) is 2.04. The van der Waals surface area contributed by atoms with E-state index in [0.29, 0.717) is 6.61 Å². The van der Waals surface area contributed by atoms with Gasteiger partial charge in [0, 0.05) is 6.08 Å². The van der Waals surface area contributed by atoms with Crippen molar-refractivity contribution in [3.05, 3.63) is 47.5 Å². The summed E-state index contributed by atoms with van der Waals surface area (Å²) < 4.78 is 10.1. The molecule has 1 aromatic carbocycles. The van der Waals surface area contributed by atoms with E-state index in [1.807, 2.05) is 37.3 Å². The van der Waals surface area contributed by atoms with Crippen LogP contribution in [0.15, 0.2) is 42.0 Å². The zero-order chi connectivity index (χ0) is 15.9. The molecular weight excluding hydrogens is 280 g/mol. The van der Waals surface area contributed by atoms with Gasteiger partial charge < -0.3 is 9.47 Å². The third-order valence-corrected chi connectivity index (χ3v) is 4.10. The van der Waals surface area contributed by atoms with Crippen LogP contribution in [0.3, 0.4) is 0 Å². The predicted octanol–water partition coefficient (Wildman–Crippen LogP) is 3.27. The lowest BCUT2D eigenvalue weighted by atomic mass is 9.78. The Hall–Kier alpha value is -2.10. The summed E-state index contributed by atoms with van der Waals surface area (Å²) in [6.45, 7) is 2.34. The summed E-state index contributed by atoms with van der Waals surface area (Å²) in [6.07, 6.45) is 3.74. The van der Waals surface area contributed by atoms with Gasteiger partial charge in [-0.3, -0.25) is 4.79 Å². The molecule has 1 fully saturated rings. The normalized spacial score (nSPS) is 23.1. The highest BCUT2D eigenvalue weighted by molar-refractivity contribution is 5.82. The Kier molecular flexibility index (Phi) is 5.75. The molecule has 0 aliphatic heterocycles. The summed E-state index contributed by atoms with van der Waals surface area (Å²) in [4.78, 5) is 23.5. The number of carbonyl (C=O) groups is 2. The minimum atomic E-state index is -0.327. The van der Waals surface area contributed by atoms with Crippen LogP contribution in [0.1, 0.15) is 31.7 Å². The van der Waals surface area contributed by atoms with Gasteiger partial charge in [-0.2, -0.15) is 0 Å².